The third-order valence-electron chi connectivity index (χ3n) is 4.65. The van der Waals surface area contributed by atoms with Crippen LogP contribution < -0.4 is 20.2 Å². The van der Waals surface area contributed by atoms with Gasteiger partial charge in [0.25, 0.3) is 0 Å². The van der Waals surface area contributed by atoms with E-state index in [1.807, 2.05) is 0 Å². The van der Waals surface area contributed by atoms with Crippen molar-refractivity contribution in [2.45, 2.75) is 13.5 Å². The Balaban J connectivity index is 1.64. The molecule has 176 valence electrons. The summed E-state index contributed by atoms with van der Waals surface area (Å²) in [7, 11) is 1.46. The lowest BCUT2D eigenvalue weighted by Gasteiger charge is -2.13. The number of ether oxygens (including phenoxy) is 2. The number of halogens is 3. The van der Waals surface area contributed by atoms with Gasteiger partial charge in [-0.25, -0.2) is 9.82 Å². The predicted molar refractivity (Wildman–Crippen MR) is 129 cm³/mol. The van der Waals surface area contributed by atoms with Crippen LogP contribution in [0.2, 0.25) is 10.0 Å². The van der Waals surface area contributed by atoms with Gasteiger partial charge in [-0.1, -0.05) is 29.3 Å². The minimum atomic E-state index is -0.942. The van der Waals surface area contributed by atoms with Gasteiger partial charge in [-0.15, -0.1) is 0 Å². The number of hydrazone groups is 1. The fourth-order valence-electron chi connectivity index (χ4n) is 2.80. The molecule has 2 N–H and O–H groups in total. The monoisotopic (exact) mass is 503 g/mol. The molecule has 10 heteroatoms. The predicted octanol–water partition coefficient (Wildman–Crippen LogP) is 5.20. The molecule has 0 heterocycles. The Morgan fingerprint density at radius 1 is 1.00 bits per heavy atom. The Labute approximate surface area is 205 Å². The third kappa shape index (κ3) is 6.46. The first kappa shape index (κ1) is 25.0. The van der Waals surface area contributed by atoms with E-state index in [0.717, 1.165) is 0 Å². The summed E-state index contributed by atoms with van der Waals surface area (Å²) in [5, 5.41) is 7.17. The van der Waals surface area contributed by atoms with Gasteiger partial charge in [-0.2, -0.15) is 5.10 Å². The van der Waals surface area contributed by atoms with E-state index in [4.69, 9.17) is 32.7 Å². The second kappa shape index (κ2) is 11.5. The van der Waals surface area contributed by atoms with E-state index in [-0.39, 0.29) is 17.2 Å². The molecule has 0 saturated carbocycles. The number of benzene rings is 3. The summed E-state index contributed by atoms with van der Waals surface area (Å²) >= 11 is 11.8. The number of amides is 2. The van der Waals surface area contributed by atoms with Crippen molar-refractivity contribution in [1.82, 2.24) is 5.43 Å². The van der Waals surface area contributed by atoms with Gasteiger partial charge in [0.15, 0.2) is 11.5 Å². The highest BCUT2D eigenvalue weighted by molar-refractivity contribution is 6.39. The Hall–Kier alpha value is -3.62. The number of hydrogen-bond donors (Lipinski definition) is 2. The van der Waals surface area contributed by atoms with E-state index in [1.165, 1.54) is 19.2 Å². The first-order valence-corrected chi connectivity index (χ1v) is 10.7. The highest BCUT2D eigenvalue weighted by Gasteiger charge is 2.15. The van der Waals surface area contributed by atoms with E-state index < -0.39 is 17.6 Å². The van der Waals surface area contributed by atoms with Gasteiger partial charge in [-0.05, 0) is 61.5 Å². The molecule has 2 amide bonds. The van der Waals surface area contributed by atoms with Crippen molar-refractivity contribution in [2.75, 3.05) is 12.4 Å². The Kier molecular flexibility index (Phi) is 8.45. The van der Waals surface area contributed by atoms with Crippen LogP contribution in [0.15, 0.2) is 65.8 Å². The first-order valence-electron chi connectivity index (χ1n) is 9.93. The largest absolute Gasteiger partial charge is 0.493 e. The number of anilines is 1. The number of carbonyl (C=O) groups excluding carboxylic acids is 2. The summed E-state index contributed by atoms with van der Waals surface area (Å²) in [6.07, 6.45) is 0. The number of methoxy groups -OCH3 is 1. The molecule has 7 nitrogen and oxygen atoms in total. The van der Waals surface area contributed by atoms with E-state index in [9.17, 15) is 14.0 Å². The van der Waals surface area contributed by atoms with Crippen molar-refractivity contribution in [3.8, 4) is 11.5 Å². The molecule has 3 rings (SSSR count). The summed E-state index contributed by atoms with van der Waals surface area (Å²) in [5.41, 5.74) is 3.87. The van der Waals surface area contributed by atoms with E-state index in [0.29, 0.717) is 33.5 Å². The van der Waals surface area contributed by atoms with Gasteiger partial charge in [0.1, 0.15) is 12.4 Å². The minimum absolute atomic E-state index is 0.0902. The quantitative estimate of drug-likeness (QED) is 0.263. The fraction of sp³-hybridized carbons (Fsp3) is 0.125. The fourth-order valence-corrected chi connectivity index (χ4v) is 3.15. The van der Waals surface area contributed by atoms with Gasteiger partial charge in [-0.3, -0.25) is 9.59 Å². The van der Waals surface area contributed by atoms with Crippen LogP contribution in [0.4, 0.5) is 10.1 Å². The van der Waals surface area contributed by atoms with Crippen LogP contribution in [0.1, 0.15) is 18.1 Å². The molecular weight excluding hydrogens is 484 g/mol. The zero-order chi connectivity index (χ0) is 24.7. The van der Waals surface area contributed by atoms with Crippen LogP contribution in [-0.2, 0) is 16.2 Å². The zero-order valence-electron chi connectivity index (χ0n) is 18.2. The third-order valence-corrected chi connectivity index (χ3v) is 5.25. The summed E-state index contributed by atoms with van der Waals surface area (Å²) in [6.45, 7) is 1.55. The van der Waals surface area contributed by atoms with Crippen molar-refractivity contribution >= 4 is 46.4 Å². The normalized spacial score (nSPS) is 11.0. The summed E-state index contributed by atoms with van der Waals surface area (Å²) < 4.78 is 25.0. The molecule has 0 radical (unpaired) electrons. The van der Waals surface area contributed by atoms with Crippen LogP contribution in [0.3, 0.4) is 0 Å². The number of nitrogens with one attached hydrogen (secondary N) is 2. The lowest BCUT2D eigenvalue weighted by molar-refractivity contribution is -0.136. The van der Waals surface area contributed by atoms with Gasteiger partial charge in [0.05, 0.1) is 17.8 Å². The Morgan fingerprint density at radius 3 is 2.41 bits per heavy atom. The minimum Gasteiger partial charge on any atom is -0.493 e. The molecule has 0 aliphatic rings. The molecule has 0 saturated heterocycles. The van der Waals surface area contributed by atoms with Crippen LogP contribution >= 0.6 is 23.2 Å². The van der Waals surface area contributed by atoms with Crippen molar-refractivity contribution in [2.24, 2.45) is 5.10 Å². The molecule has 3 aromatic carbocycles. The van der Waals surface area contributed by atoms with Crippen LogP contribution in [0, 0.1) is 5.82 Å². The van der Waals surface area contributed by atoms with Crippen molar-refractivity contribution in [3.63, 3.8) is 0 Å². The molecule has 0 bridgehead atoms. The maximum atomic E-state index is 14.0. The number of nitrogens with zero attached hydrogens (tertiary/aromatic N) is 1. The lowest BCUT2D eigenvalue weighted by atomic mass is 10.1. The van der Waals surface area contributed by atoms with Crippen molar-refractivity contribution < 1.29 is 23.5 Å². The van der Waals surface area contributed by atoms with E-state index in [1.54, 1.807) is 55.5 Å². The number of carbonyl (C=O) groups is 2. The first-order chi connectivity index (χ1) is 16.3. The Bertz CT molecular complexity index is 1210. The molecule has 0 aliphatic carbocycles. The molecule has 3 aromatic rings. The molecule has 0 aromatic heterocycles. The van der Waals surface area contributed by atoms with E-state index in [2.05, 4.69) is 15.8 Å². The van der Waals surface area contributed by atoms with Crippen LogP contribution in [0.25, 0.3) is 0 Å². The van der Waals surface area contributed by atoms with Crippen LogP contribution in [0.5, 0.6) is 11.5 Å². The second-order valence-electron chi connectivity index (χ2n) is 6.95. The molecule has 0 fully saturated rings. The van der Waals surface area contributed by atoms with Gasteiger partial charge < -0.3 is 14.8 Å². The van der Waals surface area contributed by atoms with Gasteiger partial charge >= 0.3 is 11.8 Å². The molecule has 0 atom stereocenters. The maximum absolute atomic E-state index is 14.0. The SMILES string of the molecule is COc1cc(/C(C)=N/NC(=O)C(=O)Nc2ccc(Cl)cc2)ccc1OCc1c(F)cccc1Cl. The standard InChI is InChI=1S/C24H20Cl2FN3O4/c1-14(29-30-24(32)23(31)28-17-9-7-16(25)8-10-17)15-6-11-21(22(12-15)33-2)34-13-18-19(26)4-3-5-20(18)27/h3-12H,13H2,1-2H3,(H,28,31)(H,30,32)/b29-14+. The average Bonchev–Trinajstić information content (AvgIpc) is 2.83. The molecule has 0 spiro atoms. The summed E-state index contributed by atoms with van der Waals surface area (Å²) in [4.78, 5) is 24.1. The second-order valence-corrected chi connectivity index (χ2v) is 7.80. The average molecular weight is 504 g/mol. The van der Waals surface area contributed by atoms with Gasteiger partial charge in [0.2, 0.25) is 0 Å². The molecule has 0 aliphatic heterocycles. The summed E-state index contributed by atoms with van der Waals surface area (Å²) in [6, 6.07) is 15.6. The highest BCUT2D eigenvalue weighted by Crippen LogP contribution is 2.30. The summed E-state index contributed by atoms with van der Waals surface area (Å²) in [5.74, 6) is -1.56. The van der Waals surface area contributed by atoms with Gasteiger partial charge in [0, 0.05) is 21.8 Å². The smallest absolute Gasteiger partial charge is 0.329 e. The lowest BCUT2D eigenvalue weighted by Crippen LogP contribution is -2.32. The van der Waals surface area contributed by atoms with Crippen molar-refractivity contribution in [1.29, 1.82) is 0 Å². The highest BCUT2D eigenvalue weighted by atomic mass is 35.5. The Morgan fingerprint density at radius 2 is 1.74 bits per heavy atom. The molecular formula is C24H20Cl2FN3O4. The molecule has 0 unspecified atom stereocenters. The zero-order valence-corrected chi connectivity index (χ0v) is 19.7. The number of hydrogen-bond acceptors (Lipinski definition) is 5. The number of rotatable bonds is 7. The maximum Gasteiger partial charge on any atom is 0.329 e. The van der Waals surface area contributed by atoms with Crippen LogP contribution in [-0.4, -0.2) is 24.6 Å². The van der Waals surface area contributed by atoms with E-state index >= 15 is 0 Å². The van der Waals surface area contributed by atoms with Crippen molar-refractivity contribution in [3.05, 3.63) is 87.7 Å². The molecule has 34 heavy (non-hydrogen) atoms. The topological polar surface area (TPSA) is 89.0 Å².